The van der Waals surface area contributed by atoms with Gasteiger partial charge in [-0.05, 0) is 72.0 Å². The maximum absolute atomic E-state index is 15.5. The molecule has 0 saturated carbocycles. The van der Waals surface area contributed by atoms with E-state index in [0.717, 1.165) is 17.0 Å². The normalized spacial score (nSPS) is 20.8. The van der Waals surface area contributed by atoms with Crippen molar-refractivity contribution in [2.75, 3.05) is 61.5 Å². The van der Waals surface area contributed by atoms with E-state index in [1.165, 1.54) is 31.0 Å². The number of ether oxygens (including phenoxy) is 1. The number of fused-ring (bicyclic) bond motifs is 2. The minimum absolute atomic E-state index is 0.0616. The minimum Gasteiger partial charge on any atom is -0.444 e. The molecule has 3 amide bonds. The maximum atomic E-state index is 15.5. The van der Waals surface area contributed by atoms with E-state index in [2.05, 4.69) is 9.88 Å². The smallest absolute Gasteiger partial charge is 0.416 e. The average Bonchev–Trinajstić information content (AvgIpc) is 3.23. The molecule has 4 heterocycles. The Bertz CT molecular complexity index is 1510. The molecule has 250 valence electrons. The molecule has 0 unspecified atom stereocenters. The summed E-state index contributed by atoms with van der Waals surface area (Å²) in [4.78, 5) is 51.8. The molecule has 1 aromatic carbocycles. The van der Waals surface area contributed by atoms with Crippen LogP contribution in [-0.4, -0.2) is 97.2 Å². The lowest BCUT2D eigenvalue weighted by Crippen LogP contribution is -2.61. The Morgan fingerprint density at radius 3 is 2.46 bits per heavy atom. The van der Waals surface area contributed by atoms with Crippen LogP contribution in [0.4, 0.5) is 39.5 Å². The fraction of sp³-hybridized carbons (Fsp3) is 0.562. The molecule has 2 atom stereocenters. The van der Waals surface area contributed by atoms with E-state index in [9.17, 15) is 27.6 Å². The van der Waals surface area contributed by atoms with E-state index >= 15 is 4.39 Å². The van der Waals surface area contributed by atoms with Crippen molar-refractivity contribution in [3.63, 3.8) is 0 Å². The molecule has 1 aromatic heterocycles. The topological polar surface area (TPSA) is 89.5 Å². The average molecular weight is 649 g/mol. The summed E-state index contributed by atoms with van der Waals surface area (Å²) in [5, 5.41) is 0. The van der Waals surface area contributed by atoms with Crippen molar-refractivity contribution >= 4 is 35.1 Å². The molecule has 10 nitrogen and oxygen atoms in total. The number of carbonyl (C=O) groups excluding carboxylic acids is 3. The molecule has 0 bridgehead atoms. The van der Waals surface area contributed by atoms with Gasteiger partial charge in [-0.25, -0.2) is 14.2 Å². The highest BCUT2D eigenvalue weighted by Gasteiger charge is 2.49. The lowest BCUT2D eigenvalue weighted by Gasteiger charge is -2.44. The van der Waals surface area contributed by atoms with Crippen molar-refractivity contribution < 1.29 is 36.7 Å². The zero-order valence-electron chi connectivity index (χ0n) is 26.9. The van der Waals surface area contributed by atoms with Crippen LogP contribution in [0.1, 0.15) is 44.9 Å². The second kappa shape index (κ2) is 12.3. The minimum atomic E-state index is -4.67. The number of anilines is 3. The number of rotatable bonds is 6. The zero-order chi connectivity index (χ0) is 33.7. The number of hydrogen-bond acceptors (Lipinski definition) is 7. The third-order valence-electron chi connectivity index (χ3n) is 8.70. The standard InChI is InChI=1S/C32H40F4N6O4/c1-19-13-21(32(34,35)36)15-25(37-19)42-26(43)14-20-16-40(28-23(33)9-7-10-24(28)39(6)29(44)27(20)42)12-8-11-38(5)22-17-41(18-22)30(45)46-31(2,3)4/h7,9-10,13,15,20,22,27H,8,11-12,14,16-18H2,1-6H3/t20-,27+/m1/s1. The number of hydrogen-bond donors (Lipinski definition) is 0. The number of para-hydroxylation sites is 1. The van der Waals surface area contributed by atoms with Gasteiger partial charge < -0.3 is 19.4 Å². The molecular formula is C32H40F4N6O4. The zero-order valence-corrected chi connectivity index (χ0v) is 26.9. The van der Waals surface area contributed by atoms with Crippen LogP contribution in [0.25, 0.3) is 0 Å². The van der Waals surface area contributed by atoms with Gasteiger partial charge in [0.1, 0.15) is 23.3 Å². The predicted octanol–water partition coefficient (Wildman–Crippen LogP) is 4.69. The Balaban J connectivity index is 1.35. The first kappa shape index (κ1) is 33.4. The highest BCUT2D eigenvalue weighted by Crippen LogP contribution is 2.41. The van der Waals surface area contributed by atoms with Gasteiger partial charge in [-0.2, -0.15) is 13.2 Å². The third kappa shape index (κ3) is 6.76. The number of nitrogens with zero attached hydrogens (tertiary/aromatic N) is 6. The van der Waals surface area contributed by atoms with Gasteiger partial charge in [0.2, 0.25) is 11.8 Å². The first-order valence-electron chi connectivity index (χ1n) is 15.3. The van der Waals surface area contributed by atoms with E-state index in [-0.39, 0.29) is 42.3 Å². The number of alkyl halides is 3. The lowest BCUT2D eigenvalue weighted by molar-refractivity contribution is -0.137. The van der Waals surface area contributed by atoms with Gasteiger partial charge in [-0.3, -0.25) is 19.4 Å². The number of likely N-dealkylation sites (N-methyl/N-ethyl adjacent to an activating group) is 2. The Kier molecular flexibility index (Phi) is 8.97. The molecule has 2 saturated heterocycles. The van der Waals surface area contributed by atoms with Crippen LogP contribution in [-0.2, 0) is 20.5 Å². The number of halogens is 4. The number of benzene rings is 1. The Morgan fingerprint density at radius 1 is 1.11 bits per heavy atom. The number of aryl methyl sites for hydroxylation is 1. The van der Waals surface area contributed by atoms with Crippen molar-refractivity contribution in [3.05, 3.63) is 47.4 Å². The summed E-state index contributed by atoms with van der Waals surface area (Å²) >= 11 is 0. The SMILES string of the molecule is Cc1cc(C(F)(F)F)cc(N2C(=O)C[C@@H]3CN(CCCN(C)C4CN(C(=O)OC(C)(C)C)C4)c4c(F)cccc4N(C)C(=O)[C@H]32)n1. The molecule has 46 heavy (non-hydrogen) atoms. The van der Waals surface area contributed by atoms with Gasteiger partial charge in [0.15, 0.2) is 0 Å². The van der Waals surface area contributed by atoms with E-state index in [1.54, 1.807) is 11.0 Å². The van der Waals surface area contributed by atoms with Crippen LogP contribution in [0.2, 0.25) is 0 Å². The molecule has 0 N–H and O–H groups in total. The van der Waals surface area contributed by atoms with Crippen LogP contribution in [0.3, 0.4) is 0 Å². The van der Waals surface area contributed by atoms with Crippen molar-refractivity contribution in [1.82, 2.24) is 14.8 Å². The van der Waals surface area contributed by atoms with Crippen LogP contribution >= 0.6 is 0 Å². The number of carbonyl (C=O) groups is 3. The molecular weight excluding hydrogens is 608 g/mol. The Hall–Kier alpha value is -3.94. The summed E-state index contributed by atoms with van der Waals surface area (Å²) in [7, 11) is 3.44. The first-order chi connectivity index (χ1) is 21.4. The fourth-order valence-corrected chi connectivity index (χ4v) is 6.37. The van der Waals surface area contributed by atoms with Gasteiger partial charge in [0.05, 0.1) is 16.9 Å². The number of pyridine rings is 1. The second-order valence-corrected chi connectivity index (χ2v) is 13.4. The van der Waals surface area contributed by atoms with Crippen molar-refractivity contribution in [1.29, 1.82) is 0 Å². The van der Waals surface area contributed by atoms with Crippen LogP contribution in [0, 0.1) is 18.7 Å². The lowest BCUT2D eigenvalue weighted by atomic mass is 9.95. The number of aromatic nitrogens is 1. The van der Waals surface area contributed by atoms with E-state index in [4.69, 9.17) is 4.74 Å². The highest BCUT2D eigenvalue weighted by atomic mass is 19.4. The summed E-state index contributed by atoms with van der Waals surface area (Å²) in [6, 6.07) is 5.13. The molecule has 3 aliphatic rings. The van der Waals surface area contributed by atoms with Crippen LogP contribution in [0.15, 0.2) is 30.3 Å². The van der Waals surface area contributed by atoms with Crippen molar-refractivity contribution in [2.45, 2.75) is 64.4 Å². The van der Waals surface area contributed by atoms with Crippen molar-refractivity contribution in [2.24, 2.45) is 5.92 Å². The highest BCUT2D eigenvalue weighted by molar-refractivity contribution is 6.10. The predicted molar refractivity (Wildman–Crippen MR) is 164 cm³/mol. The van der Waals surface area contributed by atoms with E-state index < -0.39 is 46.9 Å². The van der Waals surface area contributed by atoms with E-state index in [1.807, 2.05) is 32.7 Å². The molecule has 0 radical (unpaired) electrons. The quantitative estimate of drug-likeness (QED) is 0.420. The summed E-state index contributed by atoms with van der Waals surface area (Å²) in [6.45, 7) is 9.08. The summed E-state index contributed by atoms with van der Waals surface area (Å²) in [5.74, 6) is -2.43. The monoisotopic (exact) mass is 648 g/mol. The van der Waals surface area contributed by atoms with Crippen molar-refractivity contribution in [3.8, 4) is 0 Å². The Morgan fingerprint density at radius 2 is 1.80 bits per heavy atom. The molecule has 2 aromatic rings. The molecule has 3 aliphatic heterocycles. The van der Waals surface area contributed by atoms with Crippen LogP contribution in [0.5, 0.6) is 0 Å². The number of amides is 3. The molecule has 2 fully saturated rings. The molecule has 5 rings (SSSR count). The summed E-state index contributed by atoms with van der Waals surface area (Å²) in [6.07, 6.45) is -4.52. The maximum Gasteiger partial charge on any atom is 0.416 e. The van der Waals surface area contributed by atoms with Crippen LogP contribution < -0.4 is 14.7 Å². The second-order valence-electron chi connectivity index (χ2n) is 13.4. The van der Waals surface area contributed by atoms with Gasteiger partial charge in [0.25, 0.3) is 0 Å². The molecule has 14 heteroatoms. The van der Waals surface area contributed by atoms with Gasteiger partial charge in [-0.15, -0.1) is 0 Å². The van der Waals surface area contributed by atoms with Gasteiger partial charge >= 0.3 is 12.3 Å². The third-order valence-corrected chi connectivity index (χ3v) is 8.70. The Labute approximate surface area is 265 Å². The molecule has 0 aliphatic carbocycles. The van der Waals surface area contributed by atoms with E-state index in [0.29, 0.717) is 38.3 Å². The first-order valence-corrected chi connectivity index (χ1v) is 15.3. The largest absolute Gasteiger partial charge is 0.444 e. The summed E-state index contributed by atoms with van der Waals surface area (Å²) in [5.41, 5.74) is -0.940. The number of likely N-dealkylation sites (tertiary alicyclic amines) is 1. The summed E-state index contributed by atoms with van der Waals surface area (Å²) < 4.78 is 61.9. The molecule has 0 spiro atoms. The van der Waals surface area contributed by atoms with Gasteiger partial charge in [-0.1, -0.05) is 6.07 Å². The fourth-order valence-electron chi connectivity index (χ4n) is 6.37. The van der Waals surface area contributed by atoms with Gasteiger partial charge in [0, 0.05) is 57.3 Å².